The Hall–Kier alpha value is -0.260. The Bertz CT molecular complexity index is 3800. The molecule has 0 saturated carbocycles. The molecule has 0 unspecified atom stereocenters. The van der Waals surface area contributed by atoms with Gasteiger partial charge in [-0.05, 0) is 123 Å². The molecule has 6 aliphatic rings. The van der Waals surface area contributed by atoms with Crippen LogP contribution in [0.2, 0.25) is 0 Å². The first-order chi connectivity index (χ1) is 52.4. The summed E-state index contributed by atoms with van der Waals surface area (Å²) < 4.78 is 32.1. The van der Waals surface area contributed by atoms with Crippen molar-refractivity contribution in [1.82, 2.24) is 0 Å². The van der Waals surface area contributed by atoms with Gasteiger partial charge in [-0.1, -0.05) is 385 Å². The smallest absolute Gasteiger partial charge is 0.128 e. The second-order valence-corrected chi connectivity index (χ2v) is 57.8. The van der Waals surface area contributed by atoms with E-state index in [0.717, 1.165) is 83.6 Å². The summed E-state index contributed by atoms with van der Waals surface area (Å²) in [7, 11) is 0. The van der Waals surface area contributed by atoms with Crippen molar-refractivity contribution in [3.05, 3.63) is 213 Å². The first-order valence-corrected chi connectivity index (χ1v) is 54.8. The lowest BCUT2D eigenvalue weighted by Gasteiger charge is -2.28. The van der Waals surface area contributed by atoms with Gasteiger partial charge in [0, 0.05) is 68.3 Å². The highest BCUT2D eigenvalue weighted by Gasteiger charge is 2.39. The SMILES string of the molecule is CCCCCCOc1c2c(c(OCCCCCC)c3c1CSC1=C(SC3)SC(=C3SC(SCc4cc(C(C)(C)C)cc(C(C)(C)C)c4)=C(SCc4cc(C(C)(C)C)cc(C(C)(C)C)c4)S3)S1)CSC1=C(SC2)SC(=C2SC(SCc3cc(C(C)(C)C)cc(C(C)(C)C)c3)=C(SCc3cc(C(C)(C)C)cc(C(C)(C)C)c3)S2)S1. The van der Waals surface area contributed by atoms with Gasteiger partial charge in [-0.25, -0.2) is 0 Å². The molecule has 0 amide bonds. The average molecular weight is 1800 g/mol. The van der Waals surface area contributed by atoms with Crippen molar-refractivity contribution in [2.75, 3.05) is 13.2 Å². The fourth-order valence-electron chi connectivity index (χ4n) is 13.1. The lowest BCUT2D eigenvalue weighted by Crippen LogP contribution is -2.17. The molecule has 18 heteroatoms. The van der Waals surface area contributed by atoms with Gasteiger partial charge in [0.1, 0.15) is 11.5 Å². The maximum Gasteiger partial charge on any atom is 0.128 e. The first-order valence-electron chi connectivity index (χ1n) is 40.4. The third-order valence-corrected chi connectivity index (χ3v) is 44.1. The minimum atomic E-state index is 0.0597. The van der Waals surface area contributed by atoms with Gasteiger partial charge in [-0.3, -0.25) is 0 Å². The van der Waals surface area contributed by atoms with Crippen LogP contribution in [-0.4, -0.2) is 13.2 Å². The van der Waals surface area contributed by atoms with Gasteiger partial charge in [0.05, 0.1) is 64.1 Å². The highest BCUT2D eigenvalue weighted by molar-refractivity contribution is 8.46. The van der Waals surface area contributed by atoms with E-state index in [1.54, 1.807) is 0 Å². The number of hydrogen-bond acceptors (Lipinski definition) is 18. The van der Waals surface area contributed by atoms with E-state index in [4.69, 9.17) is 9.47 Å². The zero-order chi connectivity index (χ0) is 81.3. The Morgan fingerprint density at radius 3 is 0.634 bits per heavy atom. The molecule has 5 aromatic rings. The van der Waals surface area contributed by atoms with Crippen LogP contribution in [0.4, 0.5) is 0 Å². The molecule has 0 saturated heterocycles. The summed E-state index contributed by atoms with van der Waals surface area (Å²) >= 11 is 32.7. The fourth-order valence-corrected chi connectivity index (χ4v) is 37.0. The first kappa shape index (κ1) is 92.5. The molecule has 610 valence electrons. The van der Waals surface area contributed by atoms with E-state index in [2.05, 4.69) is 300 Å². The molecule has 0 N–H and O–H groups in total. The summed E-state index contributed by atoms with van der Waals surface area (Å²) in [6.07, 6.45) is 9.37. The number of benzene rings is 5. The van der Waals surface area contributed by atoms with Crippen LogP contribution < -0.4 is 9.47 Å². The van der Waals surface area contributed by atoms with E-state index in [1.807, 2.05) is 141 Å². The van der Waals surface area contributed by atoms with Gasteiger partial charge in [0.2, 0.25) is 0 Å². The predicted molar refractivity (Wildman–Crippen MR) is 534 cm³/mol. The molecule has 0 radical (unpaired) electrons. The van der Waals surface area contributed by atoms with Crippen molar-refractivity contribution < 1.29 is 9.47 Å². The highest BCUT2D eigenvalue weighted by atomic mass is 32.3. The molecule has 6 heterocycles. The Kier molecular flexibility index (Phi) is 31.9. The molecule has 112 heavy (non-hydrogen) atoms. The van der Waals surface area contributed by atoms with Crippen LogP contribution in [0.15, 0.2) is 124 Å². The Morgan fingerprint density at radius 1 is 0.250 bits per heavy atom. The summed E-state index contributed by atoms with van der Waals surface area (Å²) in [5.41, 5.74) is 23.0. The summed E-state index contributed by atoms with van der Waals surface area (Å²) in [5, 5.41) is 0. The van der Waals surface area contributed by atoms with Crippen LogP contribution in [0.25, 0.3) is 0 Å². The van der Waals surface area contributed by atoms with Crippen molar-refractivity contribution in [2.24, 2.45) is 0 Å². The summed E-state index contributed by atoms with van der Waals surface area (Å²) in [6.45, 7) is 62.8. The van der Waals surface area contributed by atoms with Crippen molar-refractivity contribution >= 4 is 188 Å². The molecule has 2 nitrogen and oxygen atoms in total. The zero-order valence-corrected chi connectivity index (χ0v) is 85.1. The molecule has 5 aromatic carbocycles. The minimum absolute atomic E-state index is 0.0597. The molecule has 6 aliphatic heterocycles. The van der Waals surface area contributed by atoms with Gasteiger partial charge in [-0.15, -0.1) is 94.1 Å². The Balaban J connectivity index is 0.884. The van der Waals surface area contributed by atoms with Gasteiger partial charge in [0.25, 0.3) is 0 Å². The Labute approximate surface area is 747 Å². The number of unbranched alkanes of at least 4 members (excludes halogenated alkanes) is 6. The fraction of sp³-hybridized carbons (Fsp3) is 0.553. The lowest BCUT2D eigenvalue weighted by molar-refractivity contribution is 0.289. The summed E-state index contributed by atoms with van der Waals surface area (Å²) in [6, 6.07) is 29.8. The van der Waals surface area contributed by atoms with Crippen LogP contribution in [0.5, 0.6) is 11.5 Å². The summed E-state index contributed by atoms with van der Waals surface area (Å²) in [5.74, 6) is 9.50. The molecule has 0 spiro atoms. The number of rotatable bonds is 24. The van der Waals surface area contributed by atoms with E-state index < -0.39 is 0 Å². The normalized spacial score (nSPS) is 17.2. The number of thioether (sulfide) groups is 16. The molecule has 0 atom stereocenters. The van der Waals surface area contributed by atoms with Crippen molar-refractivity contribution in [1.29, 1.82) is 0 Å². The topological polar surface area (TPSA) is 18.5 Å². The lowest BCUT2D eigenvalue weighted by atomic mass is 9.80. The largest absolute Gasteiger partial charge is 0.493 e. The van der Waals surface area contributed by atoms with Crippen LogP contribution in [0.1, 0.15) is 320 Å². The molecule has 0 aliphatic carbocycles. The van der Waals surface area contributed by atoms with Crippen LogP contribution >= 0.6 is 188 Å². The molecule has 0 fully saturated rings. The van der Waals surface area contributed by atoms with Crippen molar-refractivity contribution in [2.45, 2.75) is 321 Å². The van der Waals surface area contributed by atoms with E-state index >= 15 is 0 Å². The van der Waals surface area contributed by atoms with E-state index in [-0.39, 0.29) is 43.3 Å². The van der Waals surface area contributed by atoms with Gasteiger partial charge in [0.15, 0.2) is 0 Å². The minimum Gasteiger partial charge on any atom is -0.493 e. The average Bonchev–Trinajstić information content (AvgIpc) is 1.07. The van der Waals surface area contributed by atoms with Crippen molar-refractivity contribution in [3.63, 3.8) is 0 Å². The van der Waals surface area contributed by atoms with Crippen molar-refractivity contribution in [3.8, 4) is 11.5 Å². The van der Waals surface area contributed by atoms with Gasteiger partial charge >= 0.3 is 0 Å². The maximum atomic E-state index is 7.42. The number of fused-ring (bicyclic) bond motifs is 2. The van der Waals surface area contributed by atoms with Gasteiger partial charge < -0.3 is 9.47 Å². The quantitative estimate of drug-likeness (QED) is 0.0546. The van der Waals surface area contributed by atoms with E-state index in [1.165, 1.54) is 178 Å². The van der Waals surface area contributed by atoms with Gasteiger partial charge in [-0.2, -0.15) is 0 Å². The third kappa shape index (κ3) is 24.6. The third-order valence-electron chi connectivity index (χ3n) is 20.6. The Morgan fingerprint density at radius 2 is 0.446 bits per heavy atom. The second-order valence-electron chi connectivity index (χ2n) is 38.6. The predicted octanol–water partition coefficient (Wildman–Crippen LogP) is 35.4. The molecular formula is C94H126O2S16. The van der Waals surface area contributed by atoms with E-state index in [9.17, 15) is 0 Å². The number of hydrogen-bond donors (Lipinski definition) is 0. The van der Waals surface area contributed by atoms with Crippen LogP contribution in [0, 0.1) is 0 Å². The highest BCUT2D eigenvalue weighted by Crippen LogP contribution is 2.70. The molecule has 11 rings (SSSR count). The van der Waals surface area contributed by atoms with Crippen LogP contribution in [0.3, 0.4) is 0 Å². The zero-order valence-electron chi connectivity index (χ0n) is 72.0. The second kappa shape index (κ2) is 38.7. The molecule has 0 bridgehead atoms. The summed E-state index contributed by atoms with van der Waals surface area (Å²) in [4.78, 5) is 0. The molecular weight excluding hydrogens is 1670 g/mol. The number of ether oxygens (including phenoxy) is 2. The molecule has 0 aromatic heterocycles. The van der Waals surface area contributed by atoms with Crippen LogP contribution in [-0.2, 0) is 89.3 Å². The standard InChI is InChI=1S/C94H126O2S16/c1-27-29-31-33-35-95-73-69-53-101-79-81(111-85(109-79)83-105-75(97-49-57-37-61(87(3,4)5)45-62(38-57)88(6,7)8)76(106-83)98-50-58-39-63(89(9,10)11)46-64(40-58)90(12,13)14)103-55-71(69)74(96-36-34-32-30-28-2)72-56-104-82-80(102-54-70(72)73)110-86(112-82)84-107-77(99-51-59-41-65(91(15,16)17)47-66(42-59)92(18,19)20)78(108-84)100-52-60-43-67(93(21,22)23)48-68(44-60)94(24,25)26/h37-48H,27-36,49-56H2,1-26H3. The monoisotopic (exact) mass is 1800 g/mol. The maximum absolute atomic E-state index is 7.42. The van der Waals surface area contributed by atoms with E-state index in [0.29, 0.717) is 0 Å².